The van der Waals surface area contributed by atoms with Gasteiger partial charge in [0.25, 0.3) is 5.91 Å². The molecule has 1 rings (SSSR count). The number of carbonyl (C=O) groups excluding carboxylic acids is 1. The average Bonchev–Trinajstić information content (AvgIpc) is 2.34. The lowest BCUT2D eigenvalue weighted by Crippen LogP contribution is -2.31. The number of aromatic carboxylic acids is 1. The van der Waals surface area contributed by atoms with Gasteiger partial charge in [0.15, 0.2) is 0 Å². The van der Waals surface area contributed by atoms with Gasteiger partial charge < -0.3 is 15.1 Å². The van der Waals surface area contributed by atoms with Crippen molar-refractivity contribution in [1.29, 1.82) is 0 Å². The highest BCUT2D eigenvalue weighted by atomic mass is 16.4. The van der Waals surface area contributed by atoms with Crippen LogP contribution in [0.4, 0.5) is 0 Å². The highest BCUT2D eigenvalue weighted by Crippen LogP contribution is 2.08. The van der Waals surface area contributed by atoms with E-state index < -0.39 is 18.0 Å². The molecule has 1 amide bonds. The van der Waals surface area contributed by atoms with E-state index in [0.717, 1.165) is 0 Å². The Hall–Kier alpha value is -1.95. The number of hydrogen-bond acceptors (Lipinski definition) is 4. The Morgan fingerprint density at radius 2 is 2.17 bits per heavy atom. The van der Waals surface area contributed by atoms with Gasteiger partial charge in [0.05, 0.1) is 11.7 Å². The fraction of sp³-hybridized carbons (Fsp3) is 0.417. The van der Waals surface area contributed by atoms with Crippen molar-refractivity contribution in [1.82, 2.24) is 9.88 Å². The summed E-state index contributed by atoms with van der Waals surface area (Å²) in [7, 11) is 1.55. The Bertz CT molecular complexity index is 445. The maximum Gasteiger partial charge on any atom is 0.338 e. The maximum absolute atomic E-state index is 12.0. The van der Waals surface area contributed by atoms with Crippen LogP contribution < -0.4 is 0 Å². The largest absolute Gasteiger partial charge is 0.478 e. The van der Waals surface area contributed by atoms with Crippen molar-refractivity contribution in [3.63, 3.8) is 0 Å². The van der Waals surface area contributed by atoms with Gasteiger partial charge in [0.2, 0.25) is 0 Å². The third kappa shape index (κ3) is 3.53. The summed E-state index contributed by atoms with van der Waals surface area (Å²) in [5.41, 5.74) is -0.204. The number of rotatable bonds is 5. The Labute approximate surface area is 105 Å². The third-order valence-electron chi connectivity index (χ3n) is 2.47. The molecule has 0 aromatic carbocycles. The Kier molecular flexibility index (Phi) is 4.79. The van der Waals surface area contributed by atoms with E-state index in [2.05, 4.69) is 4.98 Å². The van der Waals surface area contributed by atoms with Crippen molar-refractivity contribution < 1.29 is 19.8 Å². The van der Waals surface area contributed by atoms with Crippen molar-refractivity contribution >= 4 is 11.9 Å². The molecule has 6 nitrogen and oxygen atoms in total. The molecule has 1 atom stereocenters. The molecule has 18 heavy (non-hydrogen) atoms. The molecule has 1 unspecified atom stereocenters. The van der Waals surface area contributed by atoms with Gasteiger partial charge in [-0.15, -0.1) is 0 Å². The average molecular weight is 252 g/mol. The van der Waals surface area contributed by atoms with Crippen LogP contribution in [0.1, 0.15) is 34.2 Å². The fourth-order valence-electron chi connectivity index (χ4n) is 1.41. The molecule has 1 aromatic rings. The number of amides is 1. The third-order valence-corrected chi connectivity index (χ3v) is 2.47. The van der Waals surface area contributed by atoms with E-state index in [4.69, 9.17) is 10.2 Å². The molecule has 0 aliphatic rings. The molecule has 0 spiro atoms. The number of aliphatic hydroxyl groups excluding tert-OH is 1. The minimum atomic E-state index is -1.18. The predicted molar refractivity (Wildman–Crippen MR) is 64.5 cm³/mol. The standard InChI is InChI=1S/C12H16N2O4/c1-8(15)5-7-14(2)11(16)10-9(12(17)18)4-3-6-13-10/h3-4,6,8,15H,5,7H2,1-2H3,(H,17,18). The lowest BCUT2D eigenvalue weighted by molar-refractivity contribution is 0.0674. The number of nitrogens with zero attached hydrogens (tertiary/aromatic N) is 2. The normalized spacial score (nSPS) is 11.9. The number of pyridine rings is 1. The van der Waals surface area contributed by atoms with Crippen LogP contribution >= 0.6 is 0 Å². The molecule has 1 aromatic heterocycles. The SMILES string of the molecule is CC(O)CCN(C)C(=O)c1ncccc1C(=O)O. The summed E-state index contributed by atoms with van der Waals surface area (Å²) in [5, 5.41) is 18.1. The first-order chi connectivity index (χ1) is 8.43. The van der Waals surface area contributed by atoms with Crippen LogP contribution in [-0.4, -0.2) is 51.7 Å². The van der Waals surface area contributed by atoms with Crippen molar-refractivity contribution in [3.05, 3.63) is 29.6 Å². The van der Waals surface area contributed by atoms with Crippen LogP contribution in [0.5, 0.6) is 0 Å². The van der Waals surface area contributed by atoms with Gasteiger partial charge in [0, 0.05) is 19.8 Å². The molecule has 2 N–H and O–H groups in total. The predicted octanol–water partition coefficient (Wildman–Crippen LogP) is 0.623. The molecule has 0 aliphatic heterocycles. The first kappa shape index (κ1) is 14.1. The highest BCUT2D eigenvalue weighted by molar-refractivity contribution is 6.03. The van der Waals surface area contributed by atoms with E-state index in [1.807, 2.05) is 0 Å². The summed E-state index contributed by atoms with van der Waals surface area (Å²) in [5.74, 6) is -1.65. The quantitative estimate of drug-likeness (QED) is 0.801. The highest BCUT2D eigenvalue weighted by Gasteiger charge is 2.20. The van der Waals surface area contributed by atoms with Crippen LogP contribution in [0.25, 0.3) is 0 Å². The van der Waals surface area contributed by atoms with E-state index in [1.54, 1.807) is 14.0 Å². The number of hydrogen-bond donors (Lipinski definition) is 2. The molecule has 98 valence electrons. The number of carboxylic acids is 1. The van der Waals surface area contributed by atoms with Crippen LogP contribution in [0.3, 0.4) is 0 Å². The van der Waals surface area contributed by atoms with Crippen molar-refractivity contribution in [3.8, 4) is 0 Å². The van der Waals surface area contributed by atoms with E-state index in [0.29, 0.717) is 13.0 Å². The summed E-state index contributed by atoms with van der Waals surface area (Å²) in [4.78, 5) is 28.1. The second-order valence-corrected chi connectivity index (χ2v) is 4.07. The molecular weight excluding hydrogens is 236 g/mol. The number of aliphatic hydroxyl groups is 1. The van der Waals surface area contributed by atoms with Crippen LogP contribution in [0.2, 0.25) is 0 Å². The molecule has 0 saturated heterocycles. The monoisotopic (exact) mass is 252 g/mol. The van der Waals surface area contributed by atoms with Crippen LogP contribution in [0, 0.1) is 0 Å². The van der Waals surface area contributed by atoms with Crippen molar-refractivity contribution in [2.24, 2.45) is 0 Å². The zero-order chi connectivity index (χ0) is 13.7. The zero-order valence-corrected chi connectivity index (χ0v) is 10.3. The molecule has 6 heteroatoms. The Balaban J connectivity index is 2.86. The first-order valence-electron chi connectivity index (χ1n) is 5.55. The van der Waals surface area contributed by atoms with Gasteiger partial charge in [0.1, 0.15) is 5.69 Å². The Morgan fingerprint density at radius 3 is 2.72 bits per heavy atom. The molecule has 0 fully saturated rings. The van der Waals surface area contributed by atoms with E-state index in [9.17, 15) is 9.59 Å². The molecule has 0 aliphatic carbocycles. The van der Waals surface area contributed by atoms with Crippen LogP contribution in [-0.2, 0) is 0 Å². The lowest BCUT2D eigenvalue weighted by Gasteiger charge is -2.18. The first-order valence-corrected chi connectivity index (χ1v) is 5.55. The molecule has 0 radical (unpaired) electrons. The topological polar surface area (TPSA) is 90.7 Å². The summed E-state index contributed by atoms with van der Waals surface area (Å²) < 4.78 is 0. The summed E-state index contributed by atoms with van der Waals surface area (Å²) in [6.07, 6.45) is 1.29. The van der Waals surface area contributed by atoms with Gasteiger partial charge in [-0.25, -0.2) is 4.79 Å². The van der Waals surface area contributed by atoms with Gasteiger partial charge >= 0.3 is 5.97 Å². The van der Waals surface area contributed by atoms with Crippen molar-refractivity contribution in [2.45, 2.75) is 19.4 Å². The zero-order valence-electron chi connectivity index (χ0n) is 10.3. The van der Waals surface area contributed by atoms with E-state index >= 15 is 0 Å². The molecule has 0 bridgehead atoms. The molecular formula is C12H16N2O4. The maximum atomic E-state index is 12.0. The molecule has 0 saturated carbocycles. The Morgan fingerprint density at radius 1 is 1.50 bits per heavy atom. The van der Waals surface area contributed by atoms with Gasteiger partial charge in [-0.1, -0.05) is 0 Å². The second-order valence-electron chi connectivity index (χ2n) is 4.07. The second kappa shape index (κ2) is 6.11. The lowest BCUT2D eigenvalue weighted by atomic mass is 10.1. The minimum Gasteiger partial charge on any atom is -0.478 e. The summed E-state index contributed by atoms with van der Waals surface area (Å²) in [6, 6.07) is 2.81. The molecule has 1 heterocycles. The number of carbonyl (C=O) groups is 2. The smallest absolute Gasteiger partial charge is 0.338 e. The summed E-state index contributed by atoms with van der Waals surface area (Å²) in [6.45, 7) is 1.97. The summed E-state index contributed by atoms with van der Waals surface area (Å²) >= 11 is 0. The van der Waals surface area contributed by atoms with Gasteiger partial charge in [-0.3, -0.25) is 9.78 Å². The van der Waals surface area contributed by atoms with E-state index in [1.165, 1.54) is 23.2 Å². The number of aromatic nitrogens is 1. The van der Waals surface area contributed by atoms with Crippen molar-refractivity contribution in [2.75, 3.05) is 13.6 Å². The van der Waals surface area contributed by atoms with Gasteiger partial charge in [-0.05, 0) is 25.5 Å². The van der Waals surface area contributed by atoms with Gasteiger partial charge in [-0.2, -0.15) is 0 Å². The fourth-order valence-corrected chi connectivity index (χ4v) is 1.41. The van der Waals surface area contributed by atoms with Crippen LogP contribution in [0.15, 0.2) is 18.3 Å². The van der Waals surface area contributed by atoms with E-state index in [-0.39, 0.29) is 11.3 Å². The minimum absolute atomic E-state index is 0.0851. The number of carboxylic acid groups (broad SMARTS) is 1.